The van der Waals surface area contributed by atoms with Gasteiger partial charge in [-0.2, -0.15) is 0 Å². The van der Waals surface area contributed by atoms with Gasteiger partial charge < -0.3 is 0 Å². The molecule has 1 aliphatic carbocycles. The molecule has 0 aromatic carbocycles. The molecule has 1 fully saturated rings. The van der Waals surface area contributed by atoms with Gasteiger partial charge in [-0.05, 0) is 68.6 Å². The average molecular weight is 376 g/mol. The number of hydrogen-bond donors (Lipinski definition) is 0. The fraction of sp³-hybridized carbons (Fsp3) is 0.917. The largest absolute Gasteiger partial charge is 0.247 e. The molecule has 27 heavy (non-hydrogen) atoms. The Bertz CT molecular complexity index is 560. The molecule has 2 rings (SSSR count). The molecule has 1 heterocycles. The molecule has 0 spiro atoms. The van der Waals surface area contributed by atoms with Gasteiger partial charge in [0.15, 0.2) is 0 Å². The highest BCUT2D eigenvalue weighted by Crippen LogP contribution is 2.42. The second-order valence-corrected chi connectivity index (χ2v) is 11.6. The molecule has 1 saturated carbocycles. The summed E-state index contributed by atoms with van der Waals surface area (Å²) < 4.78 is 2.12. The zero-order valence-corrected chi connectivity index (χ0v) is 19.4. The zero-order valence-electron chi connectivity index (χ0n) is 19.4. The second-order valence-electron chi connectivity index (χ2n) is 11.6. The molecule has 0 amide bonds. The molecule has 156 valence electrons. The van der Waals surface area contributed by atoms with Crippen LogP contribution < -0.4 is 0 Å². The summed E-state index contributed by atoms with van der Waals surface area (Å²) in [4.78, 5) is 0. The van der Waals surface area contributed by atoms with E-state index >= 15 is 0 Å². The third-order valence-electron chi connectivity index (χ3n) is 6.30. The molecule has 0 atom stereocenters. The molecule has 3 nitrogen and oxygen atoms in total. The van der Waals surface area contributed by atoms with Crippen LogP contribution in [0.3, 0.4) is 0 Å². The lowest BCUT2D eigenvalue weighted by atomic mass is 9.69. The van der Waals surface area contributed by atoms with Gasteiger partial charge in [0.1, 0.15) is 0 Å². The van der Waals surface area contributed by atoms with Crippen molar-refractivity contribution in [2.45, 2.75) is 112 Å². The molecule has 0 saturated heterocycles. The van der Waals surface area contributed by atoms with Gasteiger partial charge in [0.2, 0.25) is 0 Å². The Hall–Kier alpha value is -0.860. The molecular formula is C24H45N3. The molecule has 1 aliphatic rings. The third kappa shape index (κ3) is 7.23. The summed E-state index contributed by atoms with van der Waals surface area (Å²) in [6.07, 6.45) is 12.9. The van der Waals surface area contributed by atoms with E-state index < -0.39 is 0 Å². The Morgan fingerprint density at radius 3 is 2.11 bits per heavy atom. The SMILES string of the molecule is CC(C)Cc1cn(C(C)(C)CC(C)(C)CC2CCC(CC(C)C)CC2)nn1. The van der Waals surface area contributed by atoms with E-state index in [4.69, 9.17) is 0 Å². The third-order valence-corrected chi connectivity index (χ3v) is 6.30. The van der Waals surface area contributed by atoms with Gasteiger partial charge in [-0.1, -0.05) is 72.4 Å². The molecule has 3 heteroatoms. The highest BCUT2D eigenvalue weighted by Gasteiger charge is 2.34. The number of aromatic nitrogens is 3. The van der Waals surface area contributed by atoms with Crippen LogP contribution in [0.4, 0.5) is 0 Å². The molecule has 0 aliphatic heterocycles. The lowest BCUT2D eigenvalue weighted by Gasteiger charge is -2.39. The summed E-state index contributed by atoms with van der Waals surface area (Å²) >= 11 is 0. The quantitative estimate of drug-likeness (QED) is 0.471. The van der Waals surface area contributed by atoms with E-state index in [1.807, 2.05) is 0 Å². The summed E-state index contributed by atoms with van der Waals surface area (Å²) in [5, 5.41) is 8.89. The van der Waals surface area contributed by atoms with E-state index in [9.17, 15) is 0 Å². The van der Waals surface area contributed by atoms with Gasteiger partial charge in [-0.15, -0.1) is 5.10 Å². The molecule has 1 aromatic heterocycles. The van der Waals surface area contributed by atoms with Crippen molar-refractivity contribution in [1.29, 1.82) is 0 Å². The maximum atomic E-state index is 4.48. The van der Waals surface area contributed by atoms with E-state index in [0.29, 0.717) is 11.3 Å². The highest BCUT2D eigenvalue weighted by molar-refractivity contribution is 4.97. The maximum absolute atomic E-state index is 4.48. The van der Waals surface area contributed by atoms with E-state index in [1.165, 1.54) is 38.5 Å². The first kappa shape index (κ1) is 22.4. The second kappa shape index (κ2) is 9.09. The van der Waals surface area contributed by atoms with Crippen molar-refractivity contribution >= 4 is 0 Å². The predicted molar refractivity (Wildman–Crippen MR) is 116 cm³/mol. The van der Waals surface area contributed by atoms with Crippen molar-refractivity contribution in [3.8, 4) is 0 Å². The van der Waals surface area contributed by atoms with E-state index in [1.54, 1.807) is 0 Å². The summed E-state index contributed by atoms with van der Waals surface area (Å²) in [6, 6.07) is 0. The zero-order chi connectivity index (χ0) is 20.2. The van der Waals surface area contributed by atoms with Crippen LogP contribution in [0.1, 0.15) is 106 Å². The average Bonchev–Trinajstić information content (AvgIpc) is 2.96. The van der Waals surface area contributed by atoms with E-state index in [0.717, 1.165) is 36.3 Å². The minimum Gasteiger partial charge on any atom is -0.247 e. The maximum Gasteiger partial charge on any atom is 0.0829 e. The lowest BCUT2D eigenvalue weighted by Crippen LogP contribution is -2.34. The molecule has 0 unspecified atom stereocenters. The number of rotatable bonds is 9. The first-order valence-corrected chi connectivity index (χ1v) is 11.4. The summed E-state index contributed by atoms with van der Waals surface area (Å²) in [6.45, 7) is 18.8. The predicted octanol–water partition coefficient (Wildman–Crippen LogP) is 6.87. The monoisotopic (exact) mass is 375 g/mol. The van der Waals surface area contributed by atoms with Crippen molar-refractivity contribution in [3.05, 3.63) is 11.9 Å². The summed E-state index contributed by atoms with van der Waals surface area (Å²) in [7, 11) is 0. The van der Waals surface area contributed by atoms with Gasteiger partial charge in [0, 0.05) is 6.20 Å². The summed E-state index contributed by atoms with van der Waals surface area (Å²) in [5.41, 5.74) is 1.48. The van der Waals surface area contributed by atoms with Crippen molar-refractivity contribution < 1.29 is 0 Å². The fourth-order valence-corrected chi connectivity index (χ4v) is 5.55. The van der Waals surface area contributed by atoms with Gasteiger partial charge in [0.05, 0.1) is 11.2 Å². The van der Waals surface area contributed by atoms with E-state index in [-0.39, 0.29) is 5.54 Å². The topological polar surface area (TPSA) is 30.7 Å². The van der Waals surface area contributed by atoms with Crippen molar-refractivity contribution in [1.82, 2.24) is 15.0 Å². The lowest BCUT2D eigenvalue weighted by molar-refractivity contribution is 0.125. The van der Waals surface area contributed by atoms with Crippen LogP contribution in [-0.4, -0.2) is 15.0 Å². The molecule has 0 bridgehead atoms. The van der Waals surface area contributed by atoms with Gasteiger partial charge in [-0.25, -0.2) is 4.68 Å². The van der Waals surface area contributed by atoms with Crippen LogP contribution in [0.15, 0.2) is 6.20 Å². The standard InChI is InChI=1S/C24H45N3/c1-18(2)13-20-9-11-21(12-10-20)15-23(5,6)17-24(7,8)27-16-22(25-26-27)14-19(3)4/h16,18-21H,9-15,17H2,1-8H3. The molecule has 0 N–H and O–H groups in total. The van der Waals surface area contributed by atoms with Crippen LogP contribution in [0.5, 0.6) is 0 Å². The highest BCUT2D eigenvalue weighted by atomic mass is 15.4. The van der Waals surface area contributed by atoms with Crippen LogP contribution >= 0.6 is 0 Å². The smallest absolute Gasteiger partial charge is 0.0829 e. The summed E-state index contributed by atoms with van der Waals surface area (Å²) in [5.74, 6) is 3.37. The van der Waals surface area contributed by atoms with Crippen LogP contribution in [-0.2, 0) is 12.0 Å². The first-order valence-electron chi connectivity index (χ1n) is 11.4. The minimum absolute atomic E-state index is 0.0145. The van der Waals surface area contributed by atoms with Crippen molar-refractivity contribution in [2.75, 3.05) is 0 Å². The normalized spacial score (nSPS) is 22.0. The molecule has 1 aromatic rings. The Balaban J connectivity index is 1.90. The Kier molecular flexibility index (Phi) is 7.55. The Morgan fingerprint density at radius 1 is 0.963 bits per heavy atom. The number of nitrogens with zero attached hydrogens (tertiary/aromatic N) is 3. The van der Waals surface area contributed by atoms with Gasteiger partial charge in [0.25, 0.3) is 0 Å². The van der Waals surface area contributed by atoms with Gasteiger partial charge >= 0.3 is 0 Å². The fourth-order valence-electron chi connectivity index (χ4n) is 5.55. The Labute approximate surface area is 168 Å². The van der Waals surface area contributed by atoms with E-state index in [2.05, 4.69) is 76.6 Å². The van der Waals surface area contributed by atoms with Crippen LogP contribution in [0, 0.1) is 29.1 Å². The van der Waals surface area contributed by atoms with Crippen molar-refractivity contribution in [3.63, 3.8) is 0 Å². The van der Waals surface area contributed by atoms with Crippen LogP contribution in [0.25, 0.3) is 0 Å². The molecule has 0 radical (unpaired) electrons. The van der Waals surface area contributed by atoms with Crippen LogP contribution in [0.2, 0.25) is 0 Å². The van der Waals surface area contributed by atoms with Crippen molar-refractivity contribution in [2.24, 2.45) is 29.1 Å². The van der Waals surface area contributed by atoms with Gasteiger partial charge in [-0.3, -0.25) is 0 Å². The minimum atomic E-state index is 0.0145. The number of hydrogen-bond acceptors (Lipinski definition) is 2. The molecular weight excluding hydrogens is 330 g/mol. The first-order chi connectivity index (χ1) is 12.5. The Morgan fingerprint density at radius 2 is 1.56 bits per heavy atom.